The molecule has 7 nitrogen and oxygen atoms in total. The minimum absolute atomic E-state index is 0.205. The Kier molecular flexibility index (Phi) is 9.67. The van der Waals surface area contributed by atoms with Crippen LogP contribution in [0.5, 0.6) is 5.75 Å². The minimum Gasteiger partial charge on any atom is -0.497 e. The van der Waals surface area contributed by atoms with Gasteiger partial charge in [0, 0.05) is 19.2 Å². The topological polar surface area (TPSA) is 74.9 Å². The van der Waals surface area contributed by atoms with Crippen molar-refractivity contribution >= 4 is 5.96 Å². The smallest absolute Gasteiger partial charge is 0.191 e. The van der Waals surface area contributed by atoms with E-state index in [4.69, 9.17) is 9.26 Å². The van der Waals surface area contributed by atoms with Gasteiger partial charge in [0.2, 0.25) is 0 Å². The van der Waals surface area contributed by atoms with Crippen LogP contribution < -0.4 is 15.4 Å². The van der Waals surface area contributed by atoms with Gasteiger partial charge in [-0.1, -0.05) is 45.0 Å². The lowest BCUT2D eigenvalue weighted by Crippen LogP contribution is -2.43. The summed E-state index contributed by atoms with van der Waals surface area (Å²) in [5.74, 6) is 2.75. The van der Waals surface area contributed by atoms with E-state index in [9.17, 15) is 0 Å². The molecule has 2 N–H and O–H groups in total. The van der Waals surface area contributed by atoms with Crippen molar-refractivity contribution in [2.45, 2.75) is 53.1 Å². The number of rotatable bonds is 11. The maximum absolute atomic E-state index is 5.43. The molecule has 0 saturated carbocycles. The van der Waals surface area contributed by atoms with Gasteiger partial charge in [-0.3, -0.25) is 4.90 Å². The van der Waals surface area contributed by atoms with Gasteiger partial charge in [0.15, 0.2) is 11.7 Å². The molecule has 0 aliphatic carbocycles. The molecule has 0 saturated heterocycles. The number of nitrogens with zero attached hydrogens (tertiary/aromatic N) is 3. The van der Waals surface area contributed by atoms with Crippen LogP contribution in [0.1, 0.15) is 63.6 Å². The molecule has 1 aromatic heterocycles. The first kappa shape index (κ1) is 23.7. The van der Waals surface area contributed by atoms with Gasteiger partial charge in [-0.25, -0.2) is 4.99 Å². The molecule has 2 aromatic rings. The lowest BCUT2D eigenvalue weighted by molar-refractivity contribution is 0.218. The Labute approximate surface area is 180 Å². The van der Waals surface area contributed by atoms with E-state index in [2.05, 4.69) is 72.4 Å². The van der Waals surface area contributed by atoms with Crippen LogP contribution in [0.25, 0.3) is 0 Å². The van der Waals surface area contributed by atoms with Crippen molar-refractivity contribution in [3.63, 3.8) is 0 Å². The van der Waals surface area contributed by atoms with Crippen LogP contribution in [0.2, 0.25) is 0 Å². The Bertz CT molecular complexity index is 783. The standard InChI is InChI=1S/C23H37N5O2/c1-7-24-23(25-15-20-14-21(17(4)5)27-30-20)26-16-22(28(8-2)9-3)18-11-10-12-19(13-18)29-6/h10-14,17,22H,7-9,15-16H2,1-6H3,(H2,24,25,26). The summed E-state index contributed by atoms with van der Waals surface area (Å²) in [5.41, 5.74) is 2.18. The third kappa shape index (κ3) is 6.76. The van der Waals surface area contributed by atoms with Crippen LogP contribution in [-0.4, -0.2) is 49.3 Å². The second-order valence-electron chi connectivity index (χ2n) is 7.46. The maximum Gasteiger partial charge on any atom is 0.191 e. The fraction of sp³-hybridized carbons (Fsp3) is 0.565. The highest BCUT2D eigenvalue weighted by Crippen LogP contribution is 2.23. The Hall–Kier alpha value is -2.54. The average molecular weight is 416 g/mol. The normalized spacial score (nSPS) is 13.0. The Morgan fingerprint density at radius 2 is 1.93 bits per heavy atom. The van der Waals surface area contributed by atoms with E-state index < -0.39 is 0 Å². The molecule has 0 bridgehead atoms. The molecule has 0 aliphatic rings. The third-order valence-electron chi connectivity index (χ3n) is 5.10. The van der Waals surface area contributed by atoms with E-state index in [0.29, 0.717) is 12.5 Å². The molecule has 0 radical (unpaired) electrons. The maximum atomic E-state index is 5.43. The summed E-state index contributed by atoms with van der Waals surface area (Å²) in [4.78, 5) is 7.11. The van der Waals surface area contributed by atoms with Gasteiger partial charge in [0.05, 0.1) is 18.8 Å². The van der Waals surface area contributed by atoms with Gasteiger partial charge >= 0.3 is 0 Å². The number of aromatic nitrogens is 1. The van der Waals surface area contributed by atoms with Crippen LogP contribution in [-0.2, 0) is 6.54 Å². The molecular weight excluding hydrogens is 378 g/mol. The summed E-state index contributed by atoms with van der Waals surface area (Å²) in [6.45, 7) is 14.5. The first-order chi connectivity index (χ1) is 14.5. The number of guanidine groups is 1. The number of nitrogens with one attached hydrogen (secondary N) is 2. The molecule has 30 heavy (non-hydrogen) atoms. The number of hydrogen-bond acceptors (Lipinski definition) is 5. The van der Waals surface area contributed by atoms with E-state index in [1.54, 1.807) is 7.11 Å². The summed E-state index contributed by atoms with van der Waals surface area (Å²) in [7, 11) is 1.70. The van der Waals surface area contributed by atoms with Gasteiger partial charge in [-0.15, -0.1) is 0 Å². The lowest BCUT2D eigenvalue weighted by Gasteiger charge is -2.31. The molecule has 0 fully saturated rings. The van der Waals surface area contributed by atoms with E-state index >= 15 is 0 Å². The molecule has 166 valence electrons. The molecule has 1 heterocycles. The zero-order valence-corrected chi connectivity index (χ0v) is 19.2. The quantitative estimate of drug-likeness (QED) is 0.428. The highest BCUT2D eigenvalue weighted by atomic mass is 16.5. The van der Waals surface area contributed by atoms with Crippen molar-refractivity contribution in [2.24, 2.45) is 4.99 Å². The van der Waals surface area contributed by atoms with Gasteiger partial charge in [0.25, 0.3) is 0 Å². The number of likely N-dealkylation sites (N-methyl/N-ethyl adjacent to an activating group) is 1. The molecule has 0 spiro atoms. The van der Waals surface area contributed by atoms with Gasteiger partial charge in [0.1, 0.15) is 12.3 Å². The highest BCUT2D eigenvalue weighted by molar-refractivity contribution is 5.79. The molecule has 0 aliphatic heterocycles. The van der Waals surface area contributed by atoms with Crippen LogP contribution in [0.15, 0.2) is 39.8 Å². The molecule has 2 rings (SSSR count). The van der Waals surface area contributed by atoms with Crippen molar-refractivity contribution in [1.82, 2.24) is 20.7 Å². The molecule has 1 unspecified atom stereocenters. The fourth-order valence-electron chi connectivity index (χ4n) is 3.34. The van der Waals surface area contributed by atoms with Crippen LogP contribution in [0.3, 0.4) is 0 Å². The van der Waals surface area contributed by atoms with Crippen LogP contribution >= 0.6 is 0 Å². The molecular formula is C23H37N5O2. The van der Waals surface area contributed by atoms with Gasteiger partial charge in [-0.05, 0) is 43.6 Å². The largest absolute Gasteiger partial charge is 0.497 e. The zero-order valence-electron chi connectivity index (χ0n) is 19.2. The fourth-order valence-corrected chi connectivity index (χ4v) is 3.34. The number of aliphatic imine (C=N–C) groups is 1. The van der Waals surface area contributed by atoms with Gasteiger partial charge < -0.3 is 19.9 Å². The highest BCUT2D eigenvalue weighted by Gasteiger charge is 2.19. The van der Waals surface area contributed by atoms with E-state index in [1.807, 2.05) is 18.2 Å². The van der Waals surface area contributed by atoms with Crippen LogP contribution in [0, 0.1) is 0 Å². The monoisotopic (exact) mass is 415 g/mol. The second-order valence-corrected chi connectivity index (χ2v) is 7.46. The number of methoxy groups -OCH3 is 1. The van der Waals surface area contributed by atoms with Crippen molar-refractivity contribution in [3.8, 4) is 5.75 Å². The summed E-state index contributed by atoms with van der Waals surface area (Å²) in [6, 6.07) is 10.5. The number of ether oxygens (including phenoxy) is 1. The lowest BCUT2D eigenvalue weighted by atomic mass is 10.0. The third-order valence-corrected chi connectivity index (χ3v) is 5.10. The minimum atomic E-state index is 0.205. The van der Waals surface area contributed by atoms with Crippen molar-refractivity contribution in [2.75, 3.05) is 33.3 Å². The molecule has 1 aromatic carbocycles. The van der Waals surface area contributed by atoms with E-state index in [-0.39, 0.29) is 6.04 Å². The Balaban J connectivity index is 2.13. The summed E-state index contributed by atoms with van der Waals surface area (Å²) >= 11 is 0. The first-order valence-electron chi connectivity index (χ1n) is 10.9. The predicted molar refractivity (Wildman–Crippen MR) is 122 cm³/mol. The Morgan fingerprint density at radius 3 is 2.53 bits per heavy atom. The number of benzene rings is 1. The predicted octanol–water partition coefficient (Wildman–Crippen LogP) is 3.94. The van der Waals surface area contributed by atoms with E-state index in [1.165, 1.54) is 5.56 Å². The van der Waals surface area contributed by atoms with Crippen molar-refractivity contribution < 1.29 is 9.26 Å². The SMILES string of the molecule is CCNC(=NCc1cc(C(C)C)no1)NCC(c1cccc(OC)c1)N(CC)CC. The number of hydrogen-bond donors (Lipinski definition) is 2. The second kappa shape index (κ2) is 12.2. The average Bonchev–Trinajstić information content (AvgIpc) is 3.24. The summed E-state index contributed by atoms with van der Waals surface area (Å²) < 4.78 is 10.8. The summed E-state index contributed by atoms with van der Waals surface area (Å²) in [6.07, 6.45) is 0. The van der Waals surface area contributed by atoms with Gasteiger partial charge in [-0.2, -0.15) is 0 Å². The van der Waals surface area contributed by atoms with Crippen LogP contribution in [0.4, 0.5) is 0 Å². The molecule has 7 heteroatoms. The molecule has 1 atom stereocenters. The Morgan fingerprint density at radius 1 is 1.17 bits per heavy atom. The zero-order chi connectivity index (χ0) is 21.9. The molecule has 0 amide bonds. The van der Waals surface area contributed by atoms with Crippen molar-refractivity contribution in [1.29, 1.82) is 0 Å². The van der Waals surface area contributed by atoms with E-state index in [0.717, 1.165) is 49.3 Å². The first-order valence-corrected chi connectivity index (χ1v) is 10.9. The van der Waals surface area contributed by atoms with Crippen molar-refractivity contribution in [3.05, 3.63) is 47.3 Å². The summed E-state index contributed by atoms with van der Waals surface area (Å²) in [5, 5.41) is 10.9.